The summed E-state index contributed by atoms with van der Waals surface area (Å²) >= 11 is 0. The van der Waals surface area contributed by atoms with E-state index < -0.39 is 0 Å². The van der Waals surface area contributed by atoms with E-state index in [1.165, 1.54) is 0 Å². The molecule has 3 aliphatic heterocycles. The number of carbonyl (C=O) groups excluding carboxylic acids is 2. The van der Waals surface area contributed by atoms with Crippen LogP contribution >= 0.6 is 0 Å². The highest BCUT2D eigenvalue weighted by molar-refractivity contribution is 6.05. The van der Waals surface area contributed by atoms with Crippen LogP contribution < -0.4 is 5.32 Å². The Morgan fingerprint density at radius 3 is 2.61 bits per heavy atom. The summed E-state index contributed by atoms with van der Waals surface area (Å²) in [5.74, 6) is 0.870. The Balaban J connectivity index is 1.38. The van der Waals surface area contributed by atoms with Crippen molar-refractivity contribution in [3.8, 4) is 0 Å². The minimum Gasteiger partial charge on any atom is -0.356 e. The Kier molecular flexibility index (Phi) is 5.00. The summed E-state index contributed by atoms with van der Waals surface area (Å²) in [7, 11) is 0. The number of carbonyl (C=O) groups is 2. The van der Waals surface area contributed by atoms with Gasteiger partial charge in [-0.1, -0.05) is 32.0 Å². The second-order valence-electron chi connectivity index (χ2n) is 10.1. The molecule has 1 aromatic heterocycles. The van der Waals surface area contributed by atoms with E-state index in [9.17, 15) is 9.59 Å². The van der Waals surface area contributed by atoms with E-state index in [1.807, 2.05) is 35.2 Å². The Morgan fingerprint density at radius 2 is 1.90 bits per heavy atom. The summed E-state index contributed by atoms with van der Waals surface area (Å²) < 4.78 is 0. The normalized spacial score (nSPS) is 25.8. The van der Waals surface area contributed by atoms with E-state index in [2.05, 4.69) is 29.0 Å². The largest absolute Gasteiger partial charge is 0.356 e. The quantitative estimate of drug-likeness (QED) is 0.829. The van der Waals surface area contributed by atoms with Gasteiger partial charge in [-0.15, -0.1) is 0 Å². The first-order valence-electron chi connectivity index (χ1n) is 11.6. The third-order valence-corrected chi connectivity index (χ3v) is 7.80. The number of likely N-dealkylation sites (tertiary alicyclic amines) is 2. The molecule has 3 saturated heterocycles. The van der Waals surface area contributed by atoms with Crippen molar-refractivity contribution < 1.29 is 9.59 Å². The van der Waals surface area contributed by atoms with Gasteiger partial charge in [0.15, 0.2) is 0 Å². The molecule has 0 unspecified atom stereocenters. The van der Waals surface area contributed by atoms with Crippen molar-refractivity contribution in [1.82, 2.24) is 20.1 Å². The molecule has 0 bridgehead atoms. The van der Waals surface area contributed by atoms with E-state index in [4.69, 9.17) is 0 Å². The number of piperidine rings is 1. The second-order valence-corrected chi connectivity index (χ2v) is 10.1. The van der Waals surface area contributed by atoms with Crippen molar-refractivity contribution in [3.63, 3.8) is 0 Å². The zero-order valence-electron chi connectivity index (χ0n) is 18.6. The summed E-state index contributed by atoms with van der Waals surface area (Å²) in [5, 5.41) is 4.11. The molecule has 164 valence electrons. The smallest absolute Gasteiger partial charge is 0.256 e. The summed E-state index contributed by atoms with van der Waals surface area (Å²) in [4.78, 5) is 35.4. The fraction of sp³-hybridized carbons (Fsp3) is 0.560. The molecule has 0 radical (unpaired) electrons. The van der Waals surface area contributed by atoms with Crippen LogP contribution in [0.3, 0.4) is 0 Å². The molecule has 31 heavy (non-hydrogen) atoms. The van der Waals surface area contributed by atoms with Gasteiger partial charge in [0, 0.05) is 56.3 Å². The Morgan fingerprint density at radius 1 is 1.13 bits per heavy atom. The predicted octanol–water partition coefficient (Wildman–Crippen LogP) is 2.94. The van der Waals surface area contributed by atoms with Gasteiger partial charge in [-0.05, 0) is 37.3 Å². The molecule has 3 fully saturated rings. The maximum absolute atomic E-state index is 13.4. The molecule has 5 rings (SSSR count). The molecule has 1 atom stereocenters. The molecule has 0 aliphatic carbocycles. The lowest BCUT2D eigenvalue weighted by Gasteiger charge is -2.46. The first-order chi connectivity index (χ1) is 14.9. The summed E-state index contributed by atoms with van der Waals surface area (Å²) in [5.41, 5.74) is 1.12. The number of aromatic nitrogens is 1. The van der Waals surface area contributed by atoms with Crippen LogP contribution in [0.25, 0.3) is 10.9 Å². The van der Waals surface area contributed by atoms with Crippen LogP contribution in [-0.4, -0.2) is 65.9 Å². The fourth-order valence-corrected chi connectivity index (χ4v) is 6.38. The van der Waals surface area contributed by atoms with Gasteiger partial charge in [0.05, 0.1) is 16.5 Å². The number of nitrogens with one attached hydrogen (secondary N) is 1. The third kappa shape index (κ3) is 3.23. The Labute approximate surface area is 184 Å². The van der Waals surface area contributed by atoms with Crippen molar-refractivity contribution in [3.05, 3.63) is 42.1 Å². The van der Waals surface area contributed by atoms with E-state index in [1.54, 1.807) is 6.20 Å². The van der Waals surface area contributed by atoms with Gasteiger partial charge in [0.1, 0.15) is 0 Å². The highest BCUT2D eigenvalue weighted by Crippen LogP contribution is 2.56. The third-order valence-electron chi connectivity index (χ3n) is 7.80. The number of fused-ring (bicyclic) bond motifs is 2. The highest BCUT2D eigenvalue weighted by Gasteiger charge is 2.63. The minimum atomic E-state index is -0.294. The number of nitrogens with zero attached hydrogens (tertiary/aromatic N) is 3. The first kappa shape index (κ1) is 20.4. The maximum atomic E-state index is 13.4. The van der Waals surface area contributed by atoms with Gasteiger partial charge in [0.25, 0.3) is 5.91 Å². The van der Waals surface area contributed by atoms with Crippen molar-refractivity contribution in [1.29, 1.82) is 0 Å². The van der Waals surface area contributed by atoms with Crippen LogP contribution in [0.15, 0.2) is 36.5 Å². The van der Waals surface area contributed by atoms with Gasteiger partial charge in [-0.2, -0.15) is 0 Å². The topological polar surface area (TPSA) is 65.5 Å². The van der Waals surface area contributed by atoms with E-state index >= 15 is 0 Å². The number of hydrogen-bond donors (Lipinski definition) is 1. The number of hydrogen-bond acceptors (Lipinski definition) is 4. The molecule has 2 spiro atoms. The summed E-state index contributed by atoms with van der Waals surface area (Å²) in [6.45, 7) is 9.52. The zero-order valence-corrected chi connectivity index (χ0v) is 18.6. The number of pyridine rings is 1. The van der Waals surface area contributed by atoms with Crippen LogP contribution in [0, 0.1) is 16.7 Å². The average Bonchev–Trinajstić information content (AvgIpc) is 3.27. The zero-order chi connectivity index (χ0) is 21.6. The predicted molar refractivity (Wildman–Crippen MR) is 121 cm³/mol. The molecule has 4 heterocycles. The van der Waals surface area contributed by atoms with E-state index in [0.717, 1.165) is 56.3 Å². The lowest BCUT2D eigenvalue weighted by molar-refractivity contribution is -0.133. The molecule has 2 amide bonds. The molecule has 0 saturated carbocycles. The lowest BCUT2D eigenvalue weighted by atomic mass is 9.60. The van der Waals surface area contributed by atoms with Crippen molar-refractivity contribution in [2.75, 3.05) is 39.3 Å². The highest BCUT2D eigenvalue weighted by atomic mass is 16.2. The minimum absolute atomic E-state index is 0.0315. The molecule has 6 nitrogen and oxygen atoms in total. The van der Waals surface area contributed by atoms with Crippen LogP contribution in [0.5, 0.6) is 0 Å². The van der Waals surface area contributed by atoms with Crippen LogP contribution in [0.1, 0.15) is 43.5 Å². The molecule has 3 aliphatic rings. The molecular formula is C25H32N4O2. The summed E-state index contributed by atoms with van der Waals surface area (Å²) in [6.07, 6.45) is 4.44. The van der Waals surface area contributed by atoms with Gasteiger partial charge in [0.2, 0.25) is 5.91 Å². The van der Waals surface area contributed by atoms with Crippen molar-refractivity contribution in [2.45, 2.75) is 33.1 Å². The maximum Gasteiger partial charge on any atom is 0.256 e. The molecule has 1 N–H and O–H groups in total. The van der Waals surface area contributed by atoms with Crippen LogP contribution in [-0.2, 0) is 4.79 Å². The van der Waals surface area contributed by atoms with E-state index in [0.29, 0.717) is 24.6 Å². The van der Waals surface area contributed by atoms with E-state index in [-0.39, 0.29) is 22.6 Å². The fourth-order valence-electron chi connectivity index (χ4n) is 6.38. The monoisotopic (exact) mass is 420 g/mol. The number of rotatable bonds is 3. The SMILES string of the molecule is CC(C)CN1CC2(CCN(C(=O)c3cccc4cccnc34)CC2)[C@@]2(CCNC2=O)C1. The van der Waals surface area contributed by atoms with Crippen LogP contribution in [0.2, 0.25) is 0 Å². The number of para-hydroxylation sites is 1. The van der Waals surface area contributed by atoms with Gasteiger partial charge in [-0.3, -0.25) is 14.6 Å². The Hall–Kier alpha value is -2.47. The first-order valence-corrected chi connectivity index (χ1v) is 11.6. The molecule has 1 aromatic carbocycles. The van der Waals surface area contributed by atoms with Gasteiger partial charge in [-0.25, -0.2) is 0 Å². The number of amides is 2. The molecular weight excluding hydrogens is 388 g/mol. The van der Waals surface area contributed by atoms with Crippen molar-refractivity contribution >= 4 is 22.7 Å². The van der Waals surface area contributed by atoms with Gasteiger partial charge >= 0.3 is 0 Å². The lowest BCUT2D eigenvalue weighted by Crippen LogP contribution is -2.53. The standard InChI is InChI=1S/C25H32N4O2/c1-18(2)15-28-16-24(25(17-28)8-12-27-23(25)31)9-13-29(14-10-24)22(30)20-7-3-5-19-6-4-11-26-21(19)20/h3-7,11,18H,8-10,12-17H2,1-2H3,(H,27,31)/t25-/m0/s1. The average molecular weight is 421 g/mol. The molecule has 6 heteroatoms. The summed E-state index contributed by atoms with van der Waals surface area (Å²) in [6, 6.07) is 9.70. The van der Waals surface area contributed by atoms with Gasteiger partial charge < -0.3 is 15.1 Å². The van der Waals surface area contributed by atoms with Crippen LogP contribution in [0.4, 0.5) is 0 Å². The Bertz CT molecular complexity index is 1010. The molecule has 2 aromatic rings. The second kappa shape index (κ2) is 7.59. The number of benzene rings is 1. The van der Waals surface area contributed by atoms with Crippen molar-refractivity contribution in [2.24, 2.45) is 16.7 Å².